The van der Waals surface area contributed by atoms with Crippen molar-refractivity contribution in [3.8, 4) is 0 Å². The highest BCUT2D eigenvalue weighted by atomic mass is 16.7. The fourth-order valence-corrected chi connectivity index (χ4v) is 10.8. The first kappa shape index (κ1) is 75.9. The van der Waals surface area contributed by atoms with Gasteiger partial charge in [-0.05, 0) is 83.5 Å². The molecular weight excluding hydrogens is 1000 g/mol. The van der Waals surface area contributed by atoms with Crippen molar-refractivity contribution in [2.75, 3.05) is 19.8 Å². The van der Waals surface area contributed by atoms with E-state index in [1.54, 1.807) is 6.08 Å². The summed E-state index contributed by atoms with van der Waals surface area (Å²) in [6.45, 7) is 4.33. The van der Waals surface area contributed by atoms with Gasteiger partial charge < -0.3 is 45.1 Å². The van der Waals surface area contributed by atoms with Crippen LogP contribution in [-0.2, 0) is 23.8 Å². The zero-order valence-corrected chi connectivity index (χ0v) is 52.1. The lowest BCUT2D eigenvalue weighted by molar-refractivity contribution is -0.302. The lowest BCUT2D eigenvalue weighted by Gasteiger charge is -2.40. The summed E-state index contributed by atoms with van der Waals surface area (Å²) in [7, 11) is 0. The minimum Gasteiger partial charge on any atom is -0.466 e. The maximum Gasteiger partial charge on any atom is 0.305 e. The second-order valence-corrected chi connectivity index (χ2v) is 23.9. The summed E-state index contributed by atoms with van der Waals surface area (Å²) in [6, 6.07) is -0.809. The van der Waals surface area contributed by atoms with E-state index in [2.05, 4.69) is 43.5 Å². The van der Waals surface area contributed by atoms with Gasteiger partial charge in [0.1, 0.15) is 24.4 Å². The molecule has 0 aromatic carbocycles. The highest BCUT2D eigenvalue weighted by Gasteiger charge is 2.44. The molecule has 1 fully saturated rings. The molecule has 1 heterocycles. The van der Waals surface area contributed by atoms with Crippen LogP contribution in [-0.4, -0.2) is 100 Å². The fourth-order valence-electron chi connectivity index (χ4n) is 10.8. The van der Waals surface area contributed by atoms with E-state index in [0.29, 0.717) is 19.4 Å². The number of ether oxygens (including phenoxy) is 3. The SMILES string of the molecule is CCCCCCCCC/C=C\CCCCCCCC(=O)OCCCCCCCCCCCCCC/C=C\CCCCCCCCCCCCCC(=O)NC(COC1OC(CO)C(O)C(O)C1O)C(O)/C=C/CCCCCCCCC. The summed E-state index contributed by atoms with van der Waals surface area (Å²) in [5, 5.41) is 54.3. The van der Waals surface area contributed by atoms with Crippen LogP contribution in [0.25, 0.3) is 0 Å². The molecule has 1 amide bonds. The largest absolute Gasteiger partial charge is 0.466 e. The van der Waals surface area contributed by atoms with Gasteiger partial charge in [0.05, 0.1) is 32.0 Å². The zero-order chi connectivity index (χ0) is 58.0. The number of esters is 1. The monoisotopic (exact) mass is 1130 g/mol. The normalized spacial score (nSPS) is 18.5. The van der Waals surface area contributed by atoms with Crippen LogP contribution in [0.15, 0.2) is 36.5 Å². The van der Waals surface area contributed by atoms with Gasteiger partial charge in [0, 0.05) is 12.8 Å². The van der Waals surface area contributed by atoms with Crippen LogP contribution in [0, 0.1) is 0 Å². The van der Waals surface area contributed by atoms with E-state index in [9.17, 15) is 35.1 Å². The first-order chi connectivity index (χ1) is 39.2. The first-order valence-corrected chi connectivity index (χ1v) is 34.3. The van der Waals surface area contributed by atoms with Crippen molar-refractivity contribution in [3.05, 3.63) is 36.5 Å². The van der Waals surface area contributed by atoms with Gasteiger partial charge in [0.25, 0.3) is 0 Å². The average Bonchev–Trinajstić information content (AvgIpc) is 3.50. The lowest BCUT2D eigenvalue weighted by Crippen LogP contribution is -2.60. The van der Waals surface area contributed by atoms with Crippen molar-refractivity contribution in [2.45, 2.75) is 371 Å². The minimum atomic E-state index is -1.57. The molecule has 0 saturated carbocycles. The number of allylic oxidation sites excluding steroid dienone is 5. The molecule has 0 spiro atoms. The van der Waals surface area contributed by atoms with Crippen molar-refractivity contribution in [3.63, 3.8) is 0 Å². The molecule has 6 N–H and O–H groups in total. The van der Waals surface area contributed by atoms with Gasteiger partial charge >= 0.3 is 5.97 Å². The van der Waals surface area contributed by atoms with Crippen LogP contribution in [0.4, 0.5) is 0 Å². The maximum atomic E-state index is 13.0. The number of nitrogens with one attached hydrogen (secondary N) is 1. The molecule has 80 heavy (non-hydrogen) atoms. The Morgan fingerprint density at radius 2 is 0.800 bits per heavy atom. The molecule has 0 aromatic rings. The molecule has 1 rings (SSSR count). The Bertz CT molecular complexity index is 1420. The van der Waals surface area contributed by atoms with E-state index >= 15 is 0 Å². The molecule has 1 aliphatic heterocycles. The maximum absolute atomic E-state index is 13.0. The van der Waals surface area contributed by atoms with Crippen LogP contribution in [0.3, 0.4) is 0 Å². The molecule has 1 aliphatic rings. The second-order valence-electron chi connectivity index (χ2n) is 23.9. The van der Waals surface area contributed by atoms with Crippen molar-refractivity contribution in [1.82, 2.24) is 5.32 Å². The molecule has 11 nitrogen and oxygen atoms in total. The minimum absolute atomic E-state index is 0.00171. The number of hydrogen-bond donors (Lipinski definition) is 6. The molecule has 1 saturated heterocycles. The Hall–Kier alpha value is -2.12. The topological polar surface area (TPSA) is 175 Å². The van der Waals surface area contributed by atoms with Gasteiger partial charge in [-0.25, -0.2) is 0 Å². The van der Waals surface area contributed by atoms with Gasteiger partial charge in [0.2, 0.25) is 5.91 Å². The first-order valence-electron chi connectivity index (χ1n) is 34.3. The van der Waals surface area contributed by atoms with Gasteiger partial charge in [-0.1, -0.05) is 269 Å². The Labute approximate surface area is 492 Å². The van der Waals surface area contributed by atoms with E-state index in [0.717, 1.165) is 57.8 Å². The van der Waals surface area contributed by atoms with Gasteiger partial charge in [-0.15, -0.1) is 0 Å². The number of aliphatic hydroxyl groups excluding tert-OH is 5. The summed E-state index contributed by atoms with van der Waals surface area (Å²) >= 11 is 0. The van der Waals surface area contributed by atoms with Gasteiger partial charge in [-0.2, -0.15) is 0 Å². The number of amides is 1. The van der Waals surface area contributed by atoms with Crippen molar-refractivity contribution in [1.29, 1.82) is 0 Å². The van der Waals surface area contributed by atoms with E-state index in [-0.39, 0.29) is 18.5 Å². The molecule has 7 atom stereocenters. The standard InChI is InChI=1S/C69H129NO10/c1-3-5-7-9-11-13-14-15-16-31-34-37-41-45-49-53-57-65(74)78-58-54-50-46-42-38-35-32-29-27-25-23-21-19-17-18-20-22-24-26-28-30-33-36-40-44-48-52-56-64(73)70-61(62(72)55-51-47-43-39-12-10-8-6-4-2)60-79-69-68(77)67(76)66(75)63(59-71)80-69/h16-18,31,51,55,61-63,66-69,71-72,75-77H,3-15,19-30,32-50,52-54,56-60H2,1-2H3,(H,70,73)/b18-17-,31-16-,55-51+. The third-order valence-electron chi connectivity index (χ3n) is 16.2. The summed E-state index contributed by atoms with van der Waals surface area (Å²) < 4.78 is 16.7. The van der Waals surface area contributed by atoms with Gasteiger partial charge in [0.15, 0.2) is 6.29 Å². The number of carbonyl (C=O) groups is 2. The lowest BCUT2D eigenvalue weighted by atomic mass is 9.99. The summed E-state index contributed by atoms with van der Waals surface area (Å²) in [5.74, 6) is -0.186. The number of rotatable bonds is 60. The fraction of sp³-hybridized carbons (Fsp3) is 0.884. The average molecular weight is 1130 g/mol. The molecular formula is C69H129NO10. The highest BCUT2D eigenvalue weighted by molar-refractivity contribution is 5.76. The van der Waals surface area contributed by atoms with E-state index in [1.807, 2.05) is 6.08 Å². The molecule has 11 heteroatoms. The smallest absolute Gasteiger partial charge is 0.305 e. The molecule has 7 unspecified atom stereocenters. The van der Waals surface area contributed by atoms with Crippen molar-refractivity contribution < 1.29 is 49.3 Å². The van der Waals surface area contributed by atoms with Gasteiger partial charge in [-0.3, -0.25) is 9.59 Å². The highest BCUT2D eigenvalue weighted by Crippen LogP contribution is 2.23. The van der Waals surface area contributed by atoms with E-state index < -0.39 is 49.5 Å². The van der Waals surface area contributed by atoms with Crippen LogP contribution in [0.5, 0.6) is 0 Å². The predicted octanol–water partition coefficient (Wildman–Crippen LogP) is 17.0. The van der Waals surface area contributed by atoms with Crippen molar-refractivity contribution in [2.24, 2.45) is 0 Å². The Balaban J connectivity index is 1.93. The summed E-state index contributed by atoms with van der Waals surface area (Å²) in [5.41, 5.74) is 0. The van der Waals surface area contributed by atoms with Crippen LogP contribution in [0.1, 0.15) is 328 Å². The number of unbranched alkanes of at least 4 members (excludes halogenated alkanes) is 42. The molecule has 470 valence electrons. The van der Waals surface area contributed by atoms with Crippen molar-refractivity contribution >= 4 is 11.9 Å². The molecule has 0 bridgehead atoms. The Kier molecular flexibility index (Phi) is 55.6. The second kappa shape index (κ2) is 58.6. The third-order valence-corrected chi connectivity index (χ3v) is 16.2. The van der Waals surface area contributed by atoms with Crippen LogP contribution >= 0.6 is 0 Å². The molecule has 0 radical (unpaired) electrons. The Morgan fingerprint density at radius 3 is 1.20 bits per heavy atom. The number of hydrogen-bond acceptors (Lipinski definition) is 10. The molecule has 0 aliphatic carbocycles. The third kappa shape index (κ3) is 47.3. The zero-order valence-electron chi connectivity index (χ0n) is 52.1. The Morgan fingerprint density at radius 1 is 0.450 bits per heavy atom. The van der Waals surface area contributed by atoms with Crippen LogP contribution < -0.4 is 5.32 Å². The predicted molar refractivity (Wildman–Crippen MR) is 334 cm³/mol. The quantitative estimate of drug-likeness (QED) is 0.0195. The molecule has 0 aromatic heterocycles. The van der Waals surface area contributed by atoms with Crippen LogP contribution in [0.2, 0.25) is 0 Å². The number of aliphatic hydroxyl groups is 5. The van der Waals surface area contributed by atoms with E-state index in [4.69, 9.17) is 14.2 Å². The summed E-state index contributed by atoms with van der Waals surface area (Å²) in [4.78, 5) is 25.1. The number of carbonyl (C=O) groups excluding carboxylic acids is 2. The van der Waals surface area contributed by atoms with E-state index in [1.165, 1.54) is 244 Å². The summed E-state index contributed by atoms with van der Waals surface area (Å²) in [6.07, 6.45) is 64.3.